The first-order valence-electron chi connectivity index (χ1n) is 7.56. The van der Waals surface area contributed by atoms with Gasteiger partial charge in [-0.3, -0.25) is 0 Å². The predicted octanol–water partition coefficient (Wildman–Crippen LogP) is 3.78. The van der Waals surface area contributed by atoms with Crippen LogP contribution in [-0.4, -0.2) is 6.03 Å². The van der Waals surface area contributed by atoms with Crippen molar-refractivity contribution < 1.29 is 9.18 Å². The van der Waals surface area contributed by atoms with Gasteiger partial charge in [0, 0.05) is 6.54 Å². The van der Waals surface area contributed by atoms with Gasteiger partial charge in [0.1, 0.15) is 5.82 Å². The highest BCUT2D eigenvalue weighted by Gasteiger charge is 2.33. The van der Waals surface area contributed by atoms with Gasteiger partial charge in [0.05, 0.1) is 6.04 Å². The second-order valence-corrected chi connectivity index (χ2v) is 5.68. The maximum atomic E-state index is 12.8. The van der Waals surface area contributed by atoms with E-state index >= 15 is 0 Å². The molecule has 3 nitrogen and oxygen atoms in total. The topological polar surface area (TPSA) is 41.1 Å². The molecule has 0 spiro atoms. The van der Waals surface area contributed by atoms with Crippen LogP contribution in [0.25, 0.3) is 0 Å². The molecule has 114 valence electrons. The molecule has 0 unspecified atom stereocenters. The number of urea groups is 1. The number of hydrogen-bond acceptors (Lipinski definition) is 1. The Morgan fingerprint density at radius 2 is 1.77 bits per heavy atom. The predicted molar refractivity (Wildman–Crippen MR) is 83.7 cm³/mol. The normalized spacial score (nSPS) is 15.1. The van der Waals surface area contributed by atoms with Crippen LogP contribution in [0.2, 0.25) is 0 Å². The minimum atomic E-state index is -0.272. The molecule has 1 atom stereocenters. The number of carbonyl (C=O) groups excluding carboxylic acids is 1. The van der Waals surface area contributed by atoms with Crippen LogP contribution in [0, 0.1) is 11.7 Å². The monoisotopic (exact) mass is 298 g/mol. The molecule has 0 heterocycles. The number of carbonyl (C=O) groups is 1. The van der Waals surface area contributed by atoms with Gasteiger partial charge in [0.25, 0.3) is 0 Å². The van der Waals surface area contributed by atoms with Gasteiger partial charge >= 0.3 is 6.03 Å². The summed E-state index contributed by atoms with van der Waals surface area (Å²) in [6, 6.07) is 16.0. The molecule has 0 aliphatic heterocycles. The Morgan fingerprint density at radius 1 is 1.09 bits per heavy atom. The summed E-state index contributed by atoms with van der Waals surface area (Å²) in [6.07, 6.45) is 2.30. The van der Waals surface area contributed by atoms with Crippen molar-refractivity contribution >= 4 is 6.03 Å². The Labute approximate surface area is 129 Å². The highest BCUT2D eigenvalue weighted by Crippen LogP contribution is 2.40. The Morgan fingerprint density at radius 3 is 2.41 bits per heavy atom. The summed E-state index contributed by atoms with van der Waals surface area (Å²) in [5, 5.41) is 5.88. The molecule has 1 aliphatic carbocycles. The van der Waals surface area contributed by atoms with E-state index in [1.165, 1.54) is 12.1 Å². The highest BCUT2D eigenvalue weighted by molar-refractivity contribution is 5.74. The quantitative estimate of drug-likeness (QED) is 0.866. The number of benzene rings is 2. The summed E-state index contributed by atoms with van der Waals surface area (Å²) in [4.78, 5) is 12.1. The molecule has 1 fully saturated rings. The van der Waals surface area contributed by atoms with Crippen LogP contribution in [0.1, 0.15) is 30.0 Å². The SMILES string of the molecule is O=C(NCc1ccc(F)cc1)N[C@@H](c1ccccc1)C1CC1. The highest BCUT2D eigenvalue weighted by atomic mass is 19.1. The van der Waals surface area contributed by atoms with E-state index in [0.717, 1.165) is 24.0 Å². The van der Waals surface area contributed by atoms with Crippen molar-refractivity contribution in [3.05, 3.63) is 71.5 Å². The first kappa shape index (κ1) is 14.6. The zero-order valence-corrected chi connectivity index (χ0v) is 12.3. The van der Waals surface area contributed by atoms with Crippen molar-refractivity contribution in [3.8, 4) is 0 Å². The lowest BCUT2D eigenvalue weighted by Crippen LogP contribution is -2.38. The average molecular weight is 298 g/mol. The summed E-state index contributed by atoms with van der Waals surface area (Å²) in [5.41, 5.74) is 2.01. The summed E-state index contributed by atoms with van der Waals surface area (Å²) in [5.74, 6) is 0.255. The van der Waals surface area contributed by atoms with Gasteiger partial charge in [-0.2, -0.15) is 0 Å². The third-order valence-corrected chi connectivity index (χ3v) is 3.91. The molecule has 3 rings (SSSR count). The van der Waals surface area contributed by atoms with E-state index in [1.54, 1.807) is 12.1 Å². The van der Waals surface area contributed by atoms with Gasteiger partial charge in [-0.25, -0.2) is 9.18 Å². The number of halogens is 1. The molecule has 0 radical (unpaired) electrons. The molecule has 1 aliphatic rings. The van der Waals surface area contributed by atoms with Crippen LogP contribution in [-0.2, 0) is 6.54 Å². The van der Waals surface area contributed by atoms with Gasteiger partial charge < -0.3 is 10.6 Å². The van der Waals surface area contributed by atoms with Gasteiger partial charge in [-0.1, -0.05) is 42.5 Å². The summed E-state index contributed by atoms with van der Waals surface area (Å²) in [7, 11) is 0. The van der Waals surface area contributed by atoms with E-state index < -0.39 is 0 Å². The van der Waals surface area contributed by atoms with Gasteiger partial charge in [-0.15, -0.1) is 0 Å². The second kappa shape index (κ2) is 6.60. The first-order chi connectivity index (χ1) is 10.7. The molecular formula is C18H19FN2O. The minimum absolute atomic E-state index is 0.0643. The number of hydrogen-bond donors (Lipinski definition) is 2. The standard InChI is InChI=1S/C18H19FN2O/c19-16-10-6-13(7-11-16)12-20-18(22)21-17(15-8-9-15)14-4-2-1-3-5-14/h1-7,10-11,15,17H,8-9,12H2,(H2,20,21,22)/t17-/m0/s1. The van der Waals surface area contributed by atoms with Crippen LogP contribution < -0.4 is 10.6 Å². The van der Waals surface area contributed by atoms with E-state index in [9.17, 15) is 9.18 Å². The van der Waals surface area contributed by atoms with Crippen molar-refractivity contribution in [3.63, 3.8) is 0 Å². The molecule has 0 aromatic heterocycles. The first-order valence-corrected chi connectivity index (χ1v) is 7.56. The minimum Gasteiger partial charge on any atom is -0.334 e. The number of amides is 2. The fourth-order valence-corrected chi connectivity index (χ4v) is 2.54. The lowest BCUT2D eigenvalue weighted by molar-refractivity contribution is 0.235. The summed E-state index contributed by atoms with van der Waals surface area (Å²) < 4.78 is 12.8. The molecule has 2 aromatic carbocycles. The molecule has 22 heavy (non-hydrogen) atoms. The summed E-state index contributed by atoms with van der Waals surface area (Å²) in [6.45, 7) is 0.387. The largest absolute Gasteiger partial charge is 0.334 e. The maximum absolute atomic E-state index is 12.8. The second-order valence-electron chi connectivity index (χ2n) is 5.68. The third-order valence-electron chi connectivity index (χ3n) is 3.91. The Hall–Kier alpha value is -2.36. The van der Waals surface area contributed by atoms with Crippen molar-refractivity contribution in [1.29, 1.82) is 0 Å². The van der Waals surface area contributed by atoms with Gasteiger partial charge in [0.15, 0.2) is 0 Å². The lowest BCUT2D eigenvalue weighted by atomic mass is 10.0. The van der Waals surface area contributed by atoms with Crippen LogP contribution in [0.15, 0.2) is 54.6 Å². The molecule has 1 saturated carbocycles. The Bertz CT molecular complexity index is 623. The van der Waals surface area contributed by atoms with E-state index in [0.29, 0.717) is 12.5 Å². The zero-order chi connectivity index (χ0) is 15.4. The van der Waals surface area contributed by atoms with Crippen molar-refractivity contribution in [2.75, 3.05) is 0 Å². The van der Waals surface area contributed by atoms with Crippen LogP contribution >= 0.6 is 0 Å². The smallest absolute Gasteiger partial charge is 0.315 e. The summed E-state index contributed by atoms with van der Waals surface area (Å²) >= 11 is 0. The molecular weight excluding hydrogens is 279 g/mol. The maximum Gasteiger partial charge on any atom is 0.315 e. The molecule has 4 heteroatoms. The average Bonchev–Trinajstić information content (AvgIpc) is 3.38. The van der Waals surface area contributed by atoms with Crippen LogP contribution in [0.4, 0.5) is 9.18 Å². The van der Waals surface area contributed by atoms with E-state index in [-0.39, 0.29) is 17.9 Å². The third kappa shape index (κ3) is 3.85. The van der Waals surface area contributed by atoms with Crippen LogP contribution in [0.3, 0.4) is 0 Å². The van der Waals surface area contributed by atoms with Gasteiger partial charge in [0.2, 0.25) is 0 Å². The van der Waals surface area contributed by atoms with Crippen molar-refractivity contribution in [1.82, 2.24) is 10.6 Å². The fourth-order valence-electron chi connectivity index (χ4n) is 2.54. The molecule has 2 N–H and O–H groups in total. The molecule has 0 bridgehead atoms. The lowest BCUT2D eigenvalue weighted by Gasteiger charge is -2.19. The number of rotatable bonds is 5. The van der Waals surface area contributed by atoms with Crippen molar-refractivity contribution in [2.24, 2.45) is 5.92 Å². The van der Waals surface area contributed by atoms with E-state index in [2.05, 4.69) is 10.6 Å². The van der Waals surface area contributed by atoms with Crippen LogP contribution in [0.5, 0.6) is 0 Å². The molecule has 2 amide bonds. The Kier molecular flexibility index (Phi) is 4.37. The van der Waals surface area contributed by atoms with E-state index in [4.69, 9.17) is 0 Å². The molecule has 2 aromatic rings. The fraction of sp³-hybridized carbons (Fsp3) is 0.278. The zero-order valence-electron chi connectivity index (χ0n) is 12.3. The number of nitrogens with one attached hydrogen (secondary N) is 2. The van der Waals surface area contributed by atoms with Gasteiger partial charge in [-0.05, 0) is 42.0 Å². The Balaban J connectivity index is 1.56. The molecule has 0 saturated heterocycles. The van der Waals surface area contributed by atoms with E-state index in [1.807, 2.05) is 30.3 Å². The van der Waals surface area contributed by atoms with Crippen molar-refractivity contribution in [2.45, 2.75) is 25.4 Å².